The Bertz CT molecular complexity index is 395. The van der Waals surface area contributed by atoms with Gasteiger partial charge in [-0.25, -0.2) is 0 Å². The van der Waals surface area contributed by atoms with Crippen molar-refractivity contribution in [2.24, 2.45) is 10.9 Å². The van der Waals surface area contributed by atoms with Gasteiger partial charge in [-0.05, 0) is 13.3 Å². The Hall–Kier alpha value is -1.56. The molecular weight excluding hydrogens is 230 g/mol. The van der Waals surface area contributed by atoms with E-state index in [-0.39, 0.29) is 0 Å². The van der Waals surface area contributed by atoms with Crippen LogP contribution in [0.3, 0.4) is 0 Å². The number of rotatable bonds is 4. The van der Waals surface area contributed by atoms with E-state index < -0.39 is 0 Å². The molecule has 0 amide bonds. The van der Waals surface area contributed by atoms with E-state index in [2.05, 4.69) is 25.8 Å². The summed E-state index contributed by atoms with van der Waals surface area (Å²) in [6.45, 7) is 5.38. The average Bonchev–Trinajstić information content (AvgIpc) is 3.01. The maximum absolute atomic E-state index is 5.34. The lowest BCUT2D eigenvalue weighted by Crippen LogP contribution is -2.39. The molecule has 2 heterocycles. The Balaban J connectivity index is 1.74. The molecule has 1 fully saturated rings. The second kappa shape index (κ2) is 6.39. The van der Waals surface area contributed by atoms with Crippen molar-refractivity contribution in [1.29, 1.82) is 0 Å². The lowest BCUT2D eigenvalue weighted by molar-refractivity contribution is 0.186. The van der Waals surface area contributed by atoms with E-state index in [0.717, 1.165) is 49.9 Å². The Kier molecular flexibility index (Phi) is 4.58. The fraction of sp³-hybridized carbons (Fsp3) is 0.667. The van der Waals surface area contributed by atoms with Crippen LogP contribution in [0.4, 0.5) is 0 Å². The highest BCUT2D eigenvalue weighted by atomic mass is 16.5. The summed E-state index contributed by atoms with van der Waals surface area (Å²) in [4.78, 5) is 4.20. The summed E-state index contributed by atoms with van der Waals surface area (Å²) in [5, 5.41) is 13.5. The molecule has 6 heteroatoms. The lowest BCUT2D eigenvalue weighted by atomic mass is 10.1. The minimum absolute atomic E-state index is 0.596. The summed E-state index contributed by atoms with van der Waals surface area (Å²) in [5.74, 6) is 1.42. The molecule has 0 bridgehead atoms. The van der Waals surface area contributed by atoms with E-state index in [9.17, 15) is 0 Å². The number of guanidine groups is 1. The number of nitrogens with zero attached hydrogens (tertiary/aromatic N) is 2. The summed E-state index contributed by atoms with van der Waals surface area (Å²) in [6, 6.07) is 0. The van der Waals surface area contributed by atoms with Crippen LogP contribution in [0.1, 0.15) is 17.7 Å². The quantitative estimate of drug-likeness (QED) is 0.535. The van der Waals surface area contributed by atoms with E-state index >= 15 is 0 Å². The van der Waals surface area contributed by atoms with Gasteiger partial charge in [0.05, 0.1) is 12.8 Å². The third-order valence-electron chi connectivity index (χ3n) is 3.19. The Morgan fingerprint density at radius 3 is 3.11 bits per heavy atom. The minimum Gasteiger partial charge on any atom is -0.381 e. The second-order valence-corrected chi connectivity index (χ2v) is 4.56. The zero-order chi connectivity index (χ0) is 12.8. The predicted molar refractivity (Wildman–Crippen MR) is 70.5 cm³/mol. The first-order chi connectivity index (χ1) is 8.79. The summed E-state index contributed by atoms with van der Waals surface area (Å²) in [5.41, 5.74) is 2.24. The van der Waals surface area contributed by atoms with Crippen LogP contribution in [0, 0.1) is 12.8 Å². The van der Waals surface area contributed by atoms with Crippen molar-refractivity contribution in [2.45, 2.75) is 19.9 Å². The zero-order valence-corrected chi connectivity index (χ0v) is 11.0. The van der Waals surface area contributed by atoms with E-state index in [1.54, 1.807) is 7.05 Å². The highest BCUT2D eigenvalue weighted by Crippen LogP contribution is 2.10. The molecule has 0 aliphatic carbocycles. The van der Waals surface area contributed by atoms with Gasteiger partial charge in [0.15, 0.2) is 5.96 Å². The monoisotopic (exact) mass is 251 g/mol. The maximum atomic E-state index is 5.34. The molecule has 1 aliphatic heterocycles. The molecule has 1 atom stereocenters. The van der Waals surface area contributed by atoms with Crippen molar-refractivity contribution < 1.29 is 4.74 Å². The minimum atomic E-state index is 0.596. The Morgan fingerprint density at radius 2 is 2.50 bits per heavy atom. The number of hydrogen-bond acceptors (Lipinski definition) is 3. The first-order valence-electron chi connectivity index (χ1n) is 6.30. The number of nitrogens with one attached hydrogen (secondary N) is 3. The zero-order valence-electron chi connectivity index (χ0n) is 11.0. The largest absolute Gasteiger partial charge is 0.381 e. The van der Waals surface area contributed by atoms with Gasteiger partial charge in [0.2, 0.25) is 0 Å². The molecule has 100 valence electrons. The van der Waals surface area contributed by atoms with E-state index in [0.29, 0.717) is 5.92 Å². The first kappa shape index (κ1) is 12.9. The van der Waals surface area contributed by atoms with Gasteiger partial charge < -0.3 is 15.4 Å². The summed E-state index contributed by atoms with van der Waals surface area (Å²) in [7, 11) is 1.78. The number of aromatic nitrogens is 2. The van der Waals surface area contributed by atoms with Gasteiger partial charge in [0.1, 0.15) is 0 Å². The first-order valence-corrected chi connectivity index (χ1v) is 6.30. The van der Waals surface area contributed by atoms with Crippen LogP contribution >= 0.6 is 0 Å². The molecule has 1 aromatic heterocycles. The molecule has 0 spiro atoms. The van der Waals surface area contributed by atoms with Gasteiger partial charge in [0, 0.05) is 43.9 Å². The molecule has 1 unspecified atom stereocenters. The van der Waals surface area contributed by atoms with Crippen LogP contribution in [-0.2, 0) is 11.3 Å². The van der Waals surface area contributed by atoms with Crippen LogP contribution in [-0.4, -0.2) is 43.0 Å². The van der Waals surface area contributed by atoms with E-state index in [1.165, 1.54) is 0 Å². The van der Waals surface area contributed by atoms with Gasteiger partial charge in [0.25, 0.3) is 0 Å². The van der Waals surface area contributed by atoms with Crippen LogP contribution in [0.2, 0.25) is 0 Å². The highest BCUT2D eigenvalue weighted by molar-refractivity contribution is 5.79. The fourth-order valence-corrected chi connectivity index (χ4v) is 1.94. The average molecular weight is 251 g/mol. The molecule has 18 heavy (non-hydrogen) atoms. The number of aryl methyl sites for hydroxylation is 1. The lowest BCUT2D eigenvalue weighted by Gasteiger charge is -2.14. The van der Waals surface area contributed by atoms with Crippen LogP contribution < -0.4 is 10.6 Å². The van der Waals surface area contributed by atoms with Gasteiger partial charge >= 0.3 is 0 Å². The van der Waals surface area contributed by atoms with Crippen molar-refractivity contribution in [1.82, 2.24) is 20.8 Å². The molecule has 1 aromatic rings. The molecule has 0 aromatic carbocycles. The molecule has 1 saturated heterocycles. The molecule has 2 rings (SSSR count). The van der Waals surface area contributed by atoms with Gasteiger partial charge in [-0.3, -0.25) is 10.1 Å². The standard InChI is InChI=1S/C12H21N5O/c1-9-11(7-16-17-9)6-15-12(13-2)14-5-10-3-4-18-8-10/h7,10H,3-6,8H2,1-2H3,(H,16,17)(H2,13,14,15). The second-order valence-electron chi connectivity index (χ2n) is 4.56. The topological polar surface area (TPSA) is 74.3 Å². The smallest absolute Gasteiger partial charge is 0.191 e. The van der Waals surface area contributed by atoms with Crippen molar-refractivity contribution in [3.05, 3.63) is 17.5 Å². The van der Waals surface area contributed by atoms with Crippen LogP contribution in [0.15, 0.2) is 11.2 Å². The fourth-order valence-electron chi connectivity index (χ4n) is 1.94. The number of aliphatic imine (C=N–C) groups is 1. The number of ether oxygens (including phenoxy) is 1. The van der Waals surface area contributed by atoms with Crippen molar-refractivity contribution in [2.75, 3.05) is 26.8 Å². The molecule has 0 radical (unpaired) electrons. The van der Waals surface area contributed by atoms with Gasteiger partial charge in [-0.15, -0.1) is 0 Å². The SMILES string of the molecule is CN=C(NCc1cn[nH]c1C)NCC1CCOC1. The van der Waals surface area contributed by atoms with Gasteiger partial charge in [-0.1, -0.05) is 0 Å². The number of aromatic amines is 1. The summed E-state index contributed by atoms with van der Waals surface area (Å²) >= 11 is 0. The summed E-state index contributed by atoms with van der Waals surface area (Å²) in [6.07, 6.45) is 2.96. The predicted octanol–water partition coefficient (Wildman–Crippen LogP) is 0.420. The Morgan fingerprint density at radius 1 is 1.61 bits per heavy atom. The molecular formula is C12H21N5O. The van der Waals surface area contributed by atoms with Crippen LogP contribution in [0.25, 0.3) is 0 Å². The third kappa shape index (κ3) is 3.46. The van der Waals surface area contributed by atoms with Crippen LogP contribution in [0.5, 0.6) is 0 Å². The molecule has 0 saturated carbocycles. The van der Waals surface area contributed by atoms with Gasteiger partial charge in [-0.2, -0.15) is 5.10 Å². The molecule has 1 aliphatic rings. The molecule has 6 nitrogen and oxygen atoms in total. The van der Waals surface area contributed by atoms with Crippen molar-refractivity contribution in [3.8, 4) is 0 Å². The Labute approximate surface area is 107 Å². The maximum Gasteiger partial charge on any atom is 0.191 e. The summed E-state index contributed by atoms with van der Waals surface area (Å²) < 4.78 is 5.34. The van der Waals surface area contributed by atoms with E-state index in [4.69, 9.17) is 4.74 Å². The highest BCUT2D eigenvalue weighted by Gasteiger charge is 2.15. The van der Waals surface area contributed by atoms with Crippen molar-refractivity contribution in [3.63, 3.8) is 0 Å². The van der Waals surface area contributed by atoms with E-state index in [1.807, 2.05) is 13.1 Å². The number of H-pyrrole nitrogens is 1. The van der Waals surface area contributed by atoms with Crippen molar-refractivity contribution >= 4 is 5.96 Å². The molecule has 3 N–H and O–H groups in total. The normalized spacial score (nSPS) is 20.1. The third-order valence-corrected chi connectivity index (χ3v) is 3.19. The number of hydrogen-bond donors (Lipinski definition) is 3.